The predicted molar refractivity (Wildman–Crippen MR) is 207 cm³/mol. The number of hydrogen-bond donors (Lipinski definition) is 2. The molecule has 2 atom stereocenters. The van der Waals surface area contributed by atoms with E-state index < -0.39 is 12.0 Å². The standard InChI is InChI=1S/C43H47ClN4O6/c1-28-32(8-5-9-35(28)36-10-6-11-37(29(36)2)40(50)13-7-15-47-17-14-34(49)25-47)27-54-42-20-41(53-26-31-18-30(21-45)22-46-23-31)33(19-38(42)44)24-48-16-4-3-12-39(48)43(51)52/h5-6,8-11,18-20,22-23,34,39,49H,3-4,7,12-17,24-27H2,1-2H3,(H,51,52)/t34-,39+/m1/s1. The van der Waals surface area contributed by atoms with E-state index in [1.54, 1.807) is 24.4 Å². The van der Waals surface area contributed by atoms with Crippen LogP contribution < -0.4 is 9.47 Å². The van der Waals surface area contributed by atoms with E-state index in [9.17, 15) is 25.1 Å². The summed E-state index contributed by atoms with van der Waals surface area (Å²) in [7, 11) is 0. The average molecular weight is 751 g/mol. The summed E-state index contributed by atoms with van der Waals surface area (Å²) >= 11 is 6.85. The molecule has 2 fully saturated rings. The maximum Gasteiger partial charge on any atom is 0.320 e. The first-order valence-corrected chi connectivity index (χ1v) is 19.0. The number of aliphatic hydroxyl groups is 1. The largest absolute Gasteiger partial charge is 0.488 e. The Bertz CT molecular complexity index is 2030. The van der Waals surface area contributed by atoms with Crippen LogP contribution in [-0.4, -0.2) is 75.1 Å². The summed E-state index contributed by atoms with van der Waals surface area (Å²) in [5.74, 6) is 0.204. The number of carboxylic acid groups (broad SMARTS) is 1. The lowest BCUT2D eigenvalue weighted by Crippen LogP contribution is -2.44. The lowest BCUT2D eigenvalue weighted by atomic mass is 9.90. The minimum atomic E-state index is -0.844. The Labute approximate surface area is 321 Å². The first kappa shape index (κ1) is 38.9. The molecule has 11 heteroatoms. The molecule has 0 amide bonds. The van der Waals surface area contributed by atoms with Gasteiger partial charge in [0.1, 0.15) is 36.8 Å². The van der Waals surface area contributed by atoms with Gasteiger partial charge in [-0.2, -0.15) is 5.26 Å². The van der Waals surface area contributed by atoms with Gasteiger partial charge in [0.2, 0.25) is 0 Å². The summed E-state index contributed by atoms with van der Waals surface area (Å²) in [4.78, 5) is 33.7. The Morgan fingerprint density at radius 2 is 1.72 bits per heavy atom. The molecule has 0 bridgehead atoms. The fourth-order valence-corrected chi connectivity index (χ4v) is 7.78. The molecule has 4 aromatic rings. The number of Topliss-reactive ketones (excluding diaryl/α,β-unsaturated/α-hetero) is 1. The quantitative estimate of drug-likeness (QED) is 0.118. The molecule has 10 nitrogen and oxygen atoms in total. The van der Waals surface area contributed by atoms with Crippen LogP contribution in [0.3, 0.4) is 0 Å². The van der Waals surface area contributed by atoms with Crippen LogP contribution in [0.5, 0.6) is 11.5 Å². The van der Waals surface area contributed by atoms with Crippen LogP contribution in [0, 0.1) is 25.2 Å². The number of aliphatic hydroxyl groups excluding tert-OH is 1. The number of β-amino-alcohol motifs (C(OH)–C–C–N with tert-alkyl or cyclic N) is 1. The number of nitrogens with zero attached hydrogens (tertiary/aromatic N) is 4. The first-order valence-electron chi connectivity index (χ1n) is 18.6. The van der Waals surface area contributed by atoms with E-state index in [1.165, 1.54) is 6.20 Å². The lowest BCUT2D eigenvalue weighted by Gasteiger charge is -2.33. The zero-order valence-electron chi connectivity index (χ0n) is 30.9. The first-order chi connectivity index (χ1) is 26.1. The molecular formula is C43H47ClN4O6. The highest BCUT2D eigenvalue weighted by molar-refractivity contribution is 6.32. The summed E-state index contributed by atoms with van der Waals surface area (Å²) < 4.78 is 12.7. The highest BCUT2D eigenvalue weighted by Crippen LogP contribution is 2.37. The Hall–Kier alpha value is -4.79. The Morgan fingerprint density at radius 3 is 2.48 bits per heavy atom. The monoisotopic (exact) mass is 750 g/mol. The van der Waals surface area contributed by atoms with Crippen molar-refractivity contribution in [3.05, 3.63) is 111 Å². The molecule has 0 aliphatic carbocycles. The molecule has 54 heavy (non-hydrogen) atoms. The van der Waals surface area contributed by atoms with Crippen molar-refractivity contribution in [1.82, 2.24) is 14.8 Å². The summed E-state index contributed by atoms with van der Waals surface area (Å²) in [6.45, 7) is 7.77. The smallest absolute Gasteiger partial charge is 0.320 e. The van der Waals surface area contributed by atoms with Crippen molar-refractivity contribution >= 4 is 23.4 Å². The second-order valence-corrected chi connectivity index (χ2v) is 14.7. The van der Waals surface area contributed by atoms with Crippen LogP contribution in [0.15, 0.2) is 67.0 Å². The number of hydrogen-bond acceptors (Lipinski definition) is 9. The van der Waals surface area contributed by atoms with Crippen LogP contribution >= 0.6 is 11.6 Å². The van der Waals surface area contributed by atoms with Crippen molar-refractivity contribution in [3.63, 3.8) is 0 Å². The van der Waals surface area contributed by atoms with Crippen LogP contribution in [0.1, 0.15) is 82.3 Å². The molecule has 1 aromatic heterocycles. The molecule has 0 spiro atoms. The van der Waals surface area contributed by atoms with Gasteiger partial charge in [-0.25, -0.2) is 0 Å². The third kappa shape index (κ3) is 9.46. The number of ether oxygens (including phenoxy) is 2. The van der Waals surface area contributed by atoms with E-state index in [1.807, 2.05) is 49.1 Å². The maximum absolute atomic E-state index is 13.3. The lowest BCUT2D eigenvalue weighted by molar-refractivity contribution is -0.144. The molecule has 0 unspecified atom stereocenters. The number of piperidine rings is 1. The Balaban J connectivity index is 1.20. The number of likely N-dealkylation sites (tertiary alicyclic amines) is 2. The fraction of sp³-hybridized carbons (Fsp3) is 0.395. The number of halogens is 1. The van der Waals surface area contributed by atoms with Crippen molar-refractivity contribution in [2.45, 2.75) is 84.3 Å². The Morgan fingerprint density at radius 1 is 0.944 bits per heavy atom. The summed E-state index contributed by atoms with van der Waals surface area (Å²) in [5, 5.41) is 29.4. The summed E-state index contributed by atoms with van der Waals surface area (Å²) in [5.41, 5.74) is 7.54. The van der Waals surface area contributed by atoms with E-state index in [0.717, 1.165) is 83.3 Å². The van der Waals surface area contributed by atoms with Crippen LogP contribution in [0.2, 0.25) is 5.02 Å². The van der Waals surface area contributed by atoms with E-state index in [2.05, 4.69) is 22.0 Å². The van der Waals surface area contributed by atoms with Gasteiger partial charge in [-0.05, 0) is 92.6 Å². The molecule has 3 heterocycles. The van der Waals surface area contributed by atoms with E-state index >= 15 is 0 Å². The number of carbonyl (C=O) groups is 2. The van der Waals surface area contributed by atoms with E-state index in [-0.39, 0.29) is 25.1 Å². The van der Waals surface area contributed by atoms with E-state index in [0.29, 0.717) is 54.6 Å². The van der Waals surface area contributed by atoms with Crippen molar-refractivity contribution < 1.29 is 29.3 Å². The number of nitriles is 1. The minimum absolute atomic E-state index is 0.121. The number of aromatic nitrogens is 1. The predicted octanol–water partition coefficient (Wildman–Crippen LogP) is 7.52. The highest BCUT2D eigenvalue weighted by Gasteiger charge is 2.29. The molecule has 282 valence electrons. The number of carbonyl (C=O) groups excluding carboxylic acids is 1. The number of carboxylic acids is 1. The average Bonchev–Trinajstić information content (AvgIpc) is 3.59. The van der Waals surface area contributed by atoms with Gasteiger partial charge in [0.15, 0.2) is 5.78 Å². The minimum Gasteiger partial charge on any atom is -0.488 e. The maximum atomic E-state index is 13.3. The second-order valence-electron chi connectivity index (χ2n) is 14.3. The number of ketones is 1. The third-order valence-corrected chi connectivity index (χ3v) is 10.9. The molecule has 2 N–H and O–H groups in total. The molecule has 0 saturated carbocycles. The summed E-state index contributed by atoms with van der Waals surface area (Å²) in [6.07, 6.45) is 7.22. The zero-order valence-corrected chi connectivity index (χ0v) is 31.6. The van der Waals surface area contributed by atoms with Crippen LogP contribution in [-0.2, 0) is 24.6 Å². The van der Waals surface area contributed by atoms with Crippen molar-refractivity contribution in [2.75, 3.05) is 26.2 Å². The molecular weight excluding hydrogens is 704 g/mol. The number of benzene rings is 3. The SMILES string of the molecule is Cc1c(COc2cc(OCc3cncc(C#N)c3)c(CN3CCCC[C@H]3C(=O)O)cc2Cl)cccc1-c1cccc(C(=O)CCCN2CC[C@@H](O)C2)c1C. The van der Waals surface area contributed by atoms with Crippen LogP contribution in [0.25, 0.3) is 11.1 Å². The topological polar surface area (TPSA) is 136 Å². The van der Waals surface area contributed by atoms with Crippen molar-refractivity contribution in [2.24, 2.45) is 0 Å². The van der Waals surface area contributed by atoms with Gasteiger partial charge in [-0.3, -0.25) is 19.5 Å². The fourth-order valence-electron chi connectivity index (χ4n) is 7.54. The molecule has 6 rings (SSSR count). The van der Waals surface area contributed by atoms with E-state index in [4.69, 9.17) is 21.1 Å². The van der Waals surface area contributed by atoms with Crippen LogP contribution in [0.4, 0.5) is 0 Å². The molecule has 3 aromatic carbocycles. The molecule has 2 aliphatic heterocycles. The molecule has 2 aliphatic rings. The van der Waals surface area contributed by atoms with Gasteiger partial charge in [0.25, 0.3) is 0 Å². The van der Waals surface area contributed by atoms with Gasteiger partial charge in [0.05, 0.1) is 16.7 Å². The number of pyridine rings is 1. The number of rotatable bonds is 15. The Kier molecular flexibility index (Phi) is 13.0. The second kappa shape index (κ2) is 18.0. The number of aliphatic carboxylic acids is 1. The van der Waals surface area contributed by atoms with Gasteiger partial charge >= 0.3 is 5.97 Å². The van der Waals surface area contributed by atoms with Gasteiger partial charge < -0.3 is 24.6 Å². The summed E-state index contributed by atoms with van der Waals surface area (Å²) in [6, 6.07) is 18.7. The van der Waals surface area contributed by atoms with Gasteiger partial charge in [0, 0.05) is 61.2 Å². The van der Waals surface area contributed by atoms with Crippen molar-refractivity contribution in [1.29, 1.82) is 5.26 Å². The van der Waals surface area contributed by atoms with Crippen molar-refractivity contribution in [3.8, 4) is 28.7 Å². The third-order valence-electron chi connectivity index (χ3n) is 10.6. The van der Waals surface area contributed by atoms with Gasteiger partial charge in [-0.15, -0.1) is 0 Å². The highest BCUT2D eigenvalue weighted by atomic mass is 35.5. The molecule has 2 saturated heterocycles. The molecule has 0 radical (unpaired) electrons. The van der Waals surface area contributed by atoms with Gasteiger partial charge in [-0.1, -0.05) is 54.4 Å². The zero-order chi connectivity index (χ0) is 38.2. The normalized spacial score (nSPS) is 17.6.